The Balaban J connectivity index is 1.85. The number of para-hydroxylation sites is 1. The first-order chi connectivity index (χ1) is 14.0. The van der Waals surface area contributed by atoms with Gasteiger partial charge < -0.3 is 11.1 Å². The number of allylic oxidation sites excluding steroid dienone is 4. The molecule has 1 aliphatic carbocycles. The van der Waals surface area contributed by atoms with Gasteiger partial charge in [-0.25, -0.2) is 4.98 Å². The van der Waals surface area contributed by atoms with Crippen LogP contribution in [0, 0.1) is 6.92 Å². The number of rotatable bonds is 4. The van der Waals surface area contributed by atoms with Crippen LogP contribution in [0.5, 0.6) is 0 Å². The number of aromatic nitrogens is 4. The number of anilines is 1. The highest BCUT2D eigenvalue weighted by Crippen LogP contribution is 2.36. The molecule has 29 heavy (non-hydrogen) atoms. The molecule has 148 valence electrons. The molecule has 0 fully saturated rings. The molecule has 0 atom stereocenters. The molecule has 2 aromatic heterocycles. The van der Waals surface area contributed by atoms with Crippen molar-refractivity contribution in [2.45, 2.75) is 26.3 Å². The Morgan fingerprint density at radius 3 is 2.66 bits per heavy atom. The van der Waals surface area contributed by atoms with Crippen molar-refractivity contribution in [2.24, 2.45) is 5.73 Å². The monoisotopic (exact) mass is 428 g/mol. The summed E-state index contributed by atoms with van der Waals surface area (Å²) < 4.78 is 1.54. The summed E-state index contributed by atoms with van der Waals surface area (Å²) in [5.41, 5.74) is 9.75. The molecule has 1 amide bonds. The standard InChI is InChI=1S/C20H18Cl2N6O/c1-11-15(10-23)17(14-8-7-12(21)9-16(14)22)28-20(24-11)26-18(27-28)19(29)25-13-5-3-2-4-6-13/h2-6,9H,7-8,10,23H2,1H3,(H,25,29). The minimum Gasteiger partial charge on any atom is -0.326 e. The number of nitrogens with zero attached hydrogens (tertiary/aromatic N) is 4. The summed E-state index contributed by atoms with van der Waals surface area (Å²) in [6, 6.07) is 9.11. The summed E-state index contributed by atoms with van der Waals surface area (Å²) >= 11 is 12.6. The van der Waals surface area contributed by atoms with Crippen molar-refractivity contribution in [2.75, 3.05) is 5.32 Å². The molecule has 7 nitrogen and oxygen atoms in total. The molecule has 2 heterocycles. The van der Waals surface area contributed by atoms with Crippen molar-refractivity contribution in [3.05, 3.63) is 69.2 Å². The maximum atomic E-state index is 12.7. The van der Waals surface area contributed by atoms with Crippen LogP contribution in [0.25, 0.3) is 11.4 Å². The number of nitrogens with two attached hydrogens (primary N) is 1. The molecule has 3 N–H and O–H groups in total. The van der Waals surface area contributed by atoms with Crippen molar-refractivity contribution in [1.29, 1.82) is 0 Å². The van der Waals surface area contributed by atoms with Gasteiger partial charge in [0.15, 0.2) is 0 Å². The van der Waals surface area contributed by atoms with E-state index in [1.807, 2.05) is 25.1 Å². The number of amides is 1. The molecule has 0 aliphatic heterocycles. The van der Waals surface area contributed by atoms with Crippen molar-refractivity contribution in [3.63, 3.8) is 0 Å². The van der Waals surface area contributed by atoms with Crippen molar-refractivity contribution in [1.82, 2.24) is 19.6 Å². The maximum Gasteiger partial charge on any atom is 0.295 e. The lowest BCUT2D eigenvalue weighted by atomic mass is 9.97. The van der Waals surface area contributed by atoms with Gasteiger partial charge in [0, 0.05) is 33.6 Å². The molecule has 0 saturated heterocycles. The van der Waals surface area contributed by atoms with Crippen LogP contribution in [-0.2, 0) is 6.54 Å². The maximum absolute atomic E-state index is 12.7. The molecule has 0 radical (unpaired) electrons. The van der Waals surface area contributed by atoms with Gasteiger partial charge in [0.25, 0.3) is 11.7 Å². The van der Waals surface area contributed by atoms with Gasteiger partial charge in [-0.15, -0.1) is 5.10 Å². The van der Waals surface area contributed by atoms with Crippen LogP contribution in [0.1, 0.15) is 40.4 Å². The minimum atomic E-state index is -0.425. The lowest BCUT2D eigenvalue weighted by Crippen LogP contribution is -2.15. The van der Waals surface area contributed by atoms with E-state index in [2.05, 4.69) is 20.4 Å². The Labute approximate surface area is 177 Å². The smallest absolute Gasteiger partial charge is 0.295 e. The average Bonchev–Trinajstić information content (AvgIpc) is 3.12. The first-order valence-electron chi connectivity index (χ1n) is 9.05. The van der Waals surface area contributed by atoms with Crippen LogP contribution in [0.4, 0.5) is 5.69 Å². The first-order valence-corrected chi connectivity index (χ1v) is 9.81. The molecule has 0 saturated carbocycles. The Kier molecular flexibility index (Phi) is 5.36. The van der Waals surface area contributed by atoms with Gasteiger partial charge in [-0.2, -0.15) is 9.50 Å². The zero-order chi connectivity index (χ0) is 20.5. The number of halogens is 2. The Morgan fingerprint density at radius 2 is 1.97 bits per heavy atom. The number of carbonyl (C=O) groups is 1. The molecule has 4 rings (SSSR count). The van der Waals surface area contributed by atoms with Crippen molar-refractivity contribution < 1.29 is 4.79 Å². The number of hydrogen-bond donors (Lipinski definition) is 2. The Bertz CT molecular complexity index is 1170. The van der Waals surface area contributed by atoms with Crippen molar-refractivity contribution in [3.8, 4) is 0 Å². The third-order valence-corrected chi connectivity index (χ3v) is 5.34. The van der Waals surface area contributed by atoms with E-state index in [4.69, 9.17) is 28.9 Å². The van der Waals surface area contributed by atoms with Gasteiger partial charge in [-0.1, -0.05) is 41.4 Å². The lowest BCUT2D eigenvalue weighted by molar-refractivity contribution is 0.101. The van der Waals surface area contributed by atoms with Crippen LogP contribution in [-0.4, -0.2) is 25.5 Å². The summed E-state index contributed by atoms with van der Waals surface area (Å²) in [4.78, 5) is 21.4. The number of carbonyl (C=O) groups excluding carboxylic acids is 1. The van der Waals surface area contributed by atoms with Gasteiger partial charge in [-0.3, -0.25) is 4.79 Å². The normalized spacial score (nSPS) is 14.3. The molecular formula is C20H18Cl2N6O. The van der Waals surface area contributed by atoms with Gasteiger partial charge in [0.05, 0.1) is 5.69 Å². The summed E-state index contributed by atoms with van der Waals surface area (Å²) in [6.07, 6.45) is 3.02. The Morgan fingerprint density at radius 1 is 1.21 bits per heavy atom. The van der Waals surface area contributed by atoms with Gasteiger partial charge in [0.2, 0.25) is 5.82 Å². The molecule has 3 aromatic rings. The van der Waals surface area contributed by atoms with E-state index in [1.54, 1.807) is 22.7 Å². The van der Waals surface area contributed by atoms with Gasteiger partial charge >= 0.3 is 0 Å². The number of benzene rings is 1. The summed E-state index contributed by atoms with van der Waals surface area (Å²) in [7, 11) is 0. The lowest BCUT2D eigenvalue weighted by Gasteiger charge is -2.18. The highest BCUT2D eigenvalue weighted by atomic mass is 35.5. The molecule has 0 unspecified atom stereocenters. The third-order valence-electron chi connectivity index (χ3n) is 4.70. The van der Waals surface area contributed by atoms with Crippen LogP contribution in [0.3, 0.4) is 0 Å². The van der Waals surface area contributed by atoms with E-state index < -0.39 is 5.91 Å². The van der Waals surface area contributed by atoms with Gasteiger partial charge in [0.1, 0.15) is 0 Å². The fourth-order valence-electron chi connectivity index (χ4n) is 3.29. The first kappa shape index (κ1) is 19.6. The molecule has 0 bridgehead atoms. The summed E-state index contributed by atoms with van der Waals surface area (Å²) in [6.45, 7) is 2.10. The predicted molar refractivity (Wildman–Crippen MR) is 114 cm³/mol. The number of aryl methyl sites for hydroxylation is 1. The SMILES string of the molecule is Cc1nc2nc(C(=O)Nc3ccccc3)nn2c(C2=C(Cl)C=C(Cl)CC2)c1CN. The van der Waals surface area contributed by atoms with Crippen LogP contribution in [0.15, 0.2) is 46.5 Å². The summed E-state index contributed by atoms with van der Waals surface area (Å²) in [5.74, 6) is -0.103. The van der Waals surface area contributed by atoms with Crippen LogP contribution < -0.4 is 11.1 Å². The second-order valence-corrected chi connectivity index (χ2v) is 7.51. The largest absolute Gasteiger partial charge is 0.326 e. The number of nitrogens with one attached hydrogen (secondary N) is 1. The number of hydrogen-bond acceptors (Lipinski definition) is 5. The molecule has 1 aromatic carbocycles. The second-order valence-electron chi connectivity index (χ2n) is 6.61. The van der Waals surface area contributed by atoms with E-state index in [-0.39, 0.29) is 12.4 Å². The zero-order valence-electron chi connectivity index (χ0n) is 15.6. The highest BCUT2D eigenvalue weighted by molar-refractivity contribution is 6.37. The van der Waals surface area contributed by atoms with E-state index in [0.29, 0.717) is 40.1 Å². The summed E-state index contributed by atoms with van der Waals surface area (Å²) in [5, 5.41) is 8.41. The molecule has 1 aliphatic rings. The average molecular weight is 429 g/mol. The van der Waals surface area contributed by atoms with Crippen molar-refractivity contribution >= 4 is 46.1 Å². The molecule has 9 heteroatoms. The Hall–Kier alpha value is -2.74. The minimum absolute atomic E-state index is 0.0114. The molecule has 0 spiro atoms. The van der Waals surface area contributed by atoms with E-state index >= 15 is 0 Å². The third kappa shape index (κ3) is 3.76. The van der Waals surface area contributed by atoms with E-state index in [1.165, 1.54) is 0 Å². The van der Waals surface area contributed by atoms with E-state index in [0.717, 1.165) is 16.8 Å². The predicted octanol–water partition coefficient (Wildman–Crippen LogP) is 4.01. The second kappa shape index (κ2) is 7.94. The fourth-order valence-corrected chi connectivity index (χ4v) is 3.87. The molecular weight excluding hydrogens is 411 g/mol. The van der Waals surface area contributed by atoms with Crippen LogP contribution >= 0.6 is 23.2 Å². The topological polar surface area (TPSA) is 98.2 Å². The van der Waals surface area contributed by atoms with Gasteiger partial charge in [-0.05, 0) is 43.5 Å². The highest BCUT2D eigenvalue weighted by Gasteiger charge is 2.24. The number of fused-ring (bicyclic) bond motifs is 1. The van der Waals surface area contributed by atoms with Crippen LogP contribution in [0.2, 0.25) is 0 Å². The van der Waals surface area contributed by atoms with E-state index in [9.17, 15) is 4.79 Å². The fraction of sp³-hybridized carbons (Fsp3) is 0.200. The quantitative estimate of drug-likeness (QED) is 0.653. The zero-order valence-corrected chi connectivity index (χ0v) is 17.1.